The number of benzene rings is 5. The van der Waals surface area contributed by atoms with E-state index in [2.05, 4.69) is 163 Å². The number of ether oxygens (including phenoxy) is 1. The normalized spacial score (nSPS) is 11.6. The van der Waals surface area contributed by atoms with Crippen molar-refractivity contribution in [3.63, 3.8) is 0 Å². The van der Waals surface area contributed by atoms with Gasteiger partial charge in [0.25, 0.3) is 0 Å². The number of hydrogen-bond donors (Lipinski definition) is 0. The molecule has 9 heteroatoms. The van der Waals surface area contributed by atoms with Gasteiger partial charge in [0.05, 0.1) is 45.7 Å². The van der Waals surface area contributed by atoms with Gasteiger partial charge in [0.1, 0.15) is 17.1 Å². The van der Waals surface area contributed by atoms with Crippen LogP contribution in [-0.2, 0) is 26.2 Å². The average Bonchev–Trinajstić information content (AvgIpc) is 4.01. The van der Waals surface area contributed by atoms with Crippen LogP contribution in [-0.4, -0.2) is 46.2 Å². The Bertz CT molecular complexity index is 2460. The van der Waals surface area contributed by atoms with Crippen molar-refractivity contribution in [2.45, 2.75) is 32.1 Å². The molecule has 9 nitrogen and oxygen atoms in total. The van der Waals surface area contributed by atoms with Gasteiger partial charge in [-0.2, -0.15) is 0 Å². The summed E-state index contributed by atoms with van der Waals surface area (Å²) in [6, 6.07) is 46.5. The molecule has 0 bridgehead atoms. The molecule has 4 heterocycles. The average molecular weight is 695 g/mol. The van der Waals surface area contributed by atoms with E-state index in [1.165, 1.54) is 38.6 Å². The fraction of sp³-hybridized carbons (Fsp3) is 0.136. The molecule has 53 heavy (non-hydrogen) atoms. The van der Waals surface area contributed by atoms with Crippen LogP contribution in [0.2, 0.25) is 0 Å². The Morgan fingerprint density at radius 1 is 0.491 bits per heavy atom. The third-order valence-electron chi connectivity index (χ3n) is 9.92. The highest BCUT2D eigenvalue weighted by Gasteiger charge is 2.26. The number of methoxy groups -OCH3 is 1. The van der Waals surface area contributed by atoms with Crippen molar-refractivity contribution in [1.82, 2.24) is 39.1 Å². The van der Waals surface area contributed by atoms with Gasteiger partial charge in [0.15, 0.2) is 0 Å². The quantitative estimate of drug-likeness (QED) is 0.129. The first-order valence-electron chi connectivity index (χ1n) is 17.8. The Morgan fingerprint density at radius 2 is 0.943 bits per heavy atom. The van der Waals surface area contributed by atoms with Gasteiger partial charge in [0.2, 0.25) is 0 Å². The predicted octanol–water partition coefficient (Wildman–Crippen LogP) is 8.16. The summed E-state index contributed by atoms with van der Waals surface area (Å²) < 4.78 is 14.0. The molecule has 0 spiro atoms. The minimum Gasteiger partial charge on any atom is -0.497 e. The molecule has 0 aliphatic carbocycles. The highest BCUT2D eigenvalue weighted by molar-refractivity contribution is 5.90. The Balaban J connectivity index is 1.11. The van der Waals surface area contributed by atoms with Crippen molar-refractivity contribution >= 4 is 21.8 Å². The van der Waals surface area contributed by atoms with Crippen molar-refractivity contribution in [2.24, 2.45) is 0 Å². The number of nitrogens with zero attached hydrogens (tertiary/aromatic N) is 8. The molecular weight excluding hydrogens is 657 g/mol. The van der Waals surface area contributed by atoms with Crippen LogP contribution in [0.15, 0.2) is 158 Å². The second kappa shape index (κ2) is 14.1. The van der Waals surface area contributed by atoms with Crippen LogP contribution in [0.4, 0.5) is 0 Å². The summed E-state index contributed by atoms with van der Waals surface area (Å²) in [6.45, 7) is 2.56. The first-order valence-corrected chi connectivity index (χ1v) is 17.8. The zero-order valence-corrected chi connectivity index (χ0v) is 29.4. The van der Waals surface area contributed by atoms with Gasteiger partial charge in [0, 0.05) is 40.1 Å². The van der Waals surface area contributed by atoms with E-state index in [-0.39, 0.29) is 5.92 Å². The molecule has 0 aliphatic heterocycles. The monoisotopic (exact) mass is 694 g/mol. The van der Waals surface area contributed by atoms with Gasteiger partial charge >= 0.3 is 0 Å². The number of rotatable bonds is 12. The summed E-state index contributed by atoms with van der Waals surface area (Å²) in [5.74, 6) is 0.760. The molecule has 9 rings (SSSR count). The number of para-hydroxylation sites is 2. The molecule has 0 saturated heterocycles. The number of hydrogen-bond acceptors (Lipinski definition) is 5. The third-order valence-corrected chi connectivity index (χ3v) is 9.92. The van der Waals surface area contributed by atoms with Crippen LogP contribution >= 0.6 is 0 Å². The van der Waals surface area contributed by atoms with Gasteiger partial charge in [-0.25, -0.2) is 9.36 Å². The Hall–Kier alpha value is -6.74. The topological polar surface area (TPSA) is 80.5 Å². The summed E-state index contributed by atoms with van der Waals surface area (Å²) >= 11 is 0. The van der Waals surface area contributed by atoms with E-state index in [0.29, 0.717) is 26.2 Å². The molecule has 260 valence electrons. The zero-order chi connectivity index (χ0) is 35.6. The van der Waals surface area contributed by atoms with E-state index in [1.54, 1.807) is 7.11 Å². The van der Waals surface area contributed by atoms with E-state index in [1.807, 2.05) is 33.9 Å². The van der Waals surface area contributed by atoms with E-state index >= 15 is 0 Å². The number of aromatic nitrogens is 8. The standard InChI is InChI=1S/C44H38N8O/c1-53-37-22-20-34(21-23-37)44(40-30-49(42-18-10-8-16-38(40)42)26-35-28-51(47-45-35)24-32-12-4-2-5-13-32)41-31-50(43-19-11-9-17-39(41)43)27-36-29-52(48-46-36)25-33-14-6-3-7-15-33/h2-23,28-31,44H,24-27H2,1H3. The van der Waals surface area contributed by atoms with Crippen molar-refractivity contribution in [3.05, 3.63) is 197 Å². The second-order valence-corrected chi connectivity index (χ2v) is 13.5. The lowest BCUT2D eigenvalue weighted by Crippen LogP contribution is -2.04. The van der Waals surface area contributed by atoms with Crippen LogP contribution in [0.25, 0.3) is 21.8 Å². The minimum absolute atomic E-state index is 0.0688. The first-order chi connectivity index (χ1) is 26.2. The Kier molecular flexibility index (Phi) is 8.57. The smallest absolute Gasteiger partial charge is 0.118 e. The van der Waals surface area contributed by atoms with Gasteiger partial charge in [-0.3, -0.25) is 0 Å². The molecule has 0 atom stereocenters. The third kappa shape index (κ3) is 6.60. The maximum atomic E-state index is 5.58. The fourth-order valence-electron chi connectivity index (χ4n) is 7.46. The van der Waals surface area contributed by atoms with E-state index in [0.717, 1.165) is 28.2 Å². The van der Waals surface area contributed by atoms with E-state index in [4.69, 9.17) is 4.74 Å². The van der Waals surface area contributed by atoms with Crippen LogP contribution in [0.1, 0.15) is 45.1 Å². The lowest BCUT2D eigenvalue weighted by atomic mass is 9.85. The Labute approximate surface area is 307 Å². The fourth-order valence-corrected chi connectivity index (χ4v) is 7.46. The Morgan fingerprint density at radius 3 is 1.42 bits per heavy atom. The van der Waals surface area contributed by atoms with Crippen molar-refractivity contribution in [3.8, 4) is 5.75 Å². The summed E-state index contributed by atoms with van der Waals surface area (Å²) in [7, 11) is 1.71. The van der Waals surface area contributed by atoms with Crippen LogP contribution in [0.5, 0.6) is 5.75 Å². The van der Waals surface area contributed by atoms with Crippen molar-refractivity contribution in [1.29, 1.82) is 0 Å². The van der Waals surface area contributed by atoms with Crippen LogP contribution < -0.4 is 4.74 Å². The zero-order valence-electron chi connectivity index (χ0n) is 29.4. The molecular formula is C44H38N8O. The molecule has 0 N–H and O–H groups in total. The summed E-state index contributed by atoms with van der Waals surface area (Å²) in [6.07, 6.45) is 8.70. The van der Waals surface area contributed by atoms with E-state index < -0.39 is 0 Å². The SMILES string of the molecule is COc1ccc(C(c2cn(Cc3cn(Cc4ccccc4)nn3)c3ccccc23)c2cn(Cc3cn(Cc4ccccc4)nn3)c3ccccc23)cc1. The summed E-state index contributed by atoms with van der Waals surface area (Å²) in [5, 5.41) is 20.5. The molecule has 0 radical (unpaired) electrons. The van der Waals surface area contributed by atoms with Crippen molar-refractivity contribution in [2.75, 3.05) is 7.11 Å². The number of fused-ring (bicyclic) bond motifs is 2. The summed E-state index contributed by atoms with van der Waals surface area (Å²) in [5.41, 5.74) is 10.1. The largest absolute Gasteiger partial charge is 0.497 e. The highest BCUT2D eigenvalue weighted by Crippen LogP contribution is 2.41. The molecule has 0 saturated carbocycles. The molecule has 0 amide bonds. The van der Waals surface area contributed by atoms with Crippen LogP contribution in [0.3, 0.4) is 0 Å². The summed E-state index contributed by atoms with van der Waals surface area (Å²) in [4.78, 5) is 0. The minimum atomic E-state index is -0.0688. The predicted molar refractivity (Wildman–Crippen MR) is 207 cm³/mol. The molecule has 5 aromatic carbocycles. The molecule has 9 aromatic rings. The second-order valence-electron chi connectivity index (χ2n) is 13.5. The van der Waals surface area contributed by atoms with Gasteiger partial charge in [-0.05, 0) is 52.1 Å². The van der Waals surface area contributed by atoms with Crippen LogP contribution in [0, 0.1) is 0 Å². The molecule has 0 fully saturated rings. The van der Waals surface area contributed by atoms with Gasteiger partial charge in [-0.15, -0.1) is 10.2 Å². The van der Waals surface area contributed by atoms with Gasteiger partial charge in [-0.1, -0.05) is 120 Å². The maximum Gasteiger partial charge on any atom is 0.118 e. The molecule has 0 aliphatic rings. The highest BCUT2D eigenvalue weighted by atomic mass is 16.5. The molecule has 0 unspecified atom stereocenters. The lowest BCUT2D eigenvalue weighted by molar-refractivity contribution is 0.414. The van der Waals surface area contributed by atoms with E-state index in [9.17, 15) is 0 Å². The lowest BCUT2D eigenvalue weighted by Gasteiger charge is -2.18. The van der Waals surface area contributed by atoms with Crippen molar-refractivity contribution < 1.29 is 4.74 Å². The van der Waals surface area contributed by atoms with Gasteiger partial charge < -0.3 is 13.9 Å². The first kappa shape index (κ1) is 32.2. The molecule has 4 aromatic heterocycles. The maximum absolute atomic E-state index is 5.58.